The maximum atomic E-state index is 12.0. The molecule has 1 unspecified atom stereocenters. The van der Waals surface area contributed by atoms with E-state index in [1.807, 2.05) is 20.9 Å². The normalized spacial score (nSPS) is 20.1. The predicted octanol–water partition coefficient (Wildman–Crippen LogP) is 0.719. The summed E-state index contributed by atoms with van der Waals surface area (Å²) in [5, 5.41) is 8.16. The number of ether oxygens (including phenoxy) is 1. The third-order valence-corrected chi connectivity index (χ3v) is 4.02. The van der Waals surface area contributed by atoms with Crippen molar-refractivity contribution < 1.29 is 9.53 Å². The molecule has 1 aromatic heterocycles. The molecule has 1 aliphatic heterocycles. The average molecular weight is 301 g/mol. The maximum Gasteiger partial charge on any atom is 0.324 e. The van der Waals surface area contributed by atoms with Gasteiger partial charge in [0.1, 0.15) is 11.2 Å². The topological polar surface area (TPSA) is 59.4 Å². The fraction of sp³-hybridized carbons (Fsp3) is 0.692. The van der Waals surface area contributed by atoms with Crippen molar-refractivity contribution in [3.05, 3.63) is 16.4 Å². The summed E-state index contributed by atoms with van der Waals surface area (Å²) in [5.74, 6) is -0.183. The van der Waals surface area contributed by atoms with E-state index in [1.165, 1.54) is 0 Å². The molecule has 0 bridgehead atoms. The number of nitrogens with zero attached hydrogens (tertiary/aromatic N) is 3. The summed E-state index contributed by atoms with van der Waals surface area (Å²) < 4.78 is 6.80. The summed E-state index contributed by atoms with van der Waals surface area (Å²) in [6.07, 6.45) is 0. The summed E-state index contributed by atoms with van der Waals surface area (Å²) in [7, 11) is 1.82. The van der Waals surface area contributed by atoms with E-state index in [0.29, 0.717) is 24.8 Å². The molecule has 0 amide bonds. The van der Waals surface area contributed by atoms with Gasteiger partial charge in [-0.05, 0) is 13.8 Å². The summed E-state index contributed by atoms with van der Waals surface area (Å²) in [4.78, 5) is 14.1. The average Bonchev–Trinajstić information content (AvgIpc) is 2.66. The standard InChI is InChI=1S/C13H21ClN4O2/c1-4-20-13(19)11-7-15-5-6-18(11)8-10-9(2)16-17(3)12(10)14/h11,15H,4-8H2,1-3H3. The first-order valence-corrected chi connectivity index (χ1v) is 7.21. The smallest absolute Gasteiger partial charge is 0.324 e. The fourth-order valence-electron chi connectivity index (χ4n) is 2.46. The summed E-state index contributed by atoms with van der Waals surface area (Å²) >= 11 is 6.26. The molecule has 1 aliphatic rings. The third-order valence-electron chi connectivity index (χ3n) is 3.54. The summed E-state index contributed by atoms with van der Waals surface area (Å²) in [6, 6.07) is -0.264. The van der Waals surface area contributed by atoms with Gasteiger partial charge < -0.3 is 10.1 Å². The second-order valence-corrected chi connectivity index (χ2v) is 5.28. The zero-order chi connectivity index (χ0) is 14.7. The molecule has 1 fully saturated rings. The Balaban J connectivity index is 2.14. The predicted molar refractivity (Wildman–Crippen MR) is 76.7 cm³/mol. The molecule has 1 saturated heterocycles. The molecule has 6 nitrogen and oxygen atoms in total. The van der Waals surface area contributed by atoms with Crippen molar-refractivity contribution in [1.29, 1.82) is 0 Å². The quantitative estimate of drug-likeness (QED) is 0.830. The van der Waals surface area contributed by atoms with Crippen LogP contribution in [0, 0.1) is 6.92 Å². The largest absolute Gasteiger partial charge is 0.465 e. The molecule has 7 heteroatoms. The van der Waals surface area contributed by atoms with E-state index >= 15 is 0 Å². The Morgan fingerprint density at radius 2 is 2.35 bits per heavy atom. The van der Waals surface area contributed by atoms with Crippen LogP contribution in [0.25, 0.3) is 0 Å². The number of carbonyl (C=O) groups excluding carboxylic acids is 1. The molecule has 0 aromatic carbocycles. The molecule has 20 heavy (non-hydrogen) atoms. The number of carbonyl (C=O) groups is 1. The lowest BCUT2D eigenvalue weighted by molar-refractivity contribution is -0.150. The monoisotopic (exact) mass is 300 g/mol. The van der Waals surface area contributed by atoms with E-state index < -0.39 is 0 Å². The van der Waals surface area contributed by atoms with Crippen molar-refractivity contribution in [3.63, 3.8) is 0 Å². The van der Waals surface area contributed by atoms with Crippen molar-refractivity contribution in [3.8, 4) is 0 Å². The van der Waals surface area contributed by atoms with Gasteiger partial charge in [0.25, 0.3) is 0 Å². The van der Waals surface area contributed by atoms with Crippen molar-refractivity contribution in [2.24, 2.45) is 7.05 Å². The van der Waals surface area contributed by atoms with Crippen LogP contribution in [0.2, 0.25) is 5.15 Å². The van der Waals surface area contributed by atoms with E-state index in [2.05, 4.69) is 15.3 Å². The Morgan fingerprint density at radius 1 is 1.60 bits per heavy atom. The highest BCUT2D eigenvalue weighted by atomic mass is 35.5. The van der Waals surface area contributed by atoms with Crippen molar-refractivity contribution >= 4 is 17.6 Å². The van der Waals surface area contributed by atoms with Gasteiger partial charge in [-0.15, -0.1) is 0 Å². The van der Waals surface area contributed by atoms with Crippen molar-refractivity contribution in [2.75, 3.05) is 26.2 Å². The fourth-order valence-corrected chi connectivity index (χ4v) is 2.70. The van der Waals surface area contributed by atoms with Gasteiger partial charge in [-0.1, -0.05) is 11.6 Å². The van der Waals surface area contributed by atoms with Gasteiger partial charge >= 0.3 is 5.97 Å². The number of hydrogen-bond donors (Lipinski definition) is 1. The summed E-state index contributed by atoms with van der Waals surface area (Å²) in [5.41, 5.74) is 1.88. The highest BCUT2D eigenvalue weighted by Crippen LogP contribution is 2.22. The molecule has 1 atom stereocenters. The van der Waals surface area contributed by atoms with E-state index in [1.54, 1.807) is 4.68 Å². The number of piperazine rings is 1. The minimum atomic E-state index is -0.264. The SMILES string of the molecule is CCOC(=O)C1CNCCN1Cc1c(C)nn(C)c1Cl. The van der Waals surface area contributed by atoms with Crippen LogP contribution in [0.5, 0.6) is 0 Å². The van der Waals surface area contributed by atoms with Gasteiger partial charge in [0.05, 0.1) is 12.3 Å². The Hall–Kier alpha value is -1.11. The summed E-state index contributed by atoms with van der Waals surface area (Å²) in [6.45, 7) is 7.01. The van der Waals surface area contributed by atoms with Crippen LogP contribution in [0.3, 0.4) is 0 Å². The van der Waals surface area contributed by atoms with Crippen LogP contribution in [-0.2, 0) is 23.1 Å². The Bertz CT molecular complexity index is 489. The van der Waals surface area contributed by atoms with Crippen LogP contribution in [0.1, 0.15) is 18.2 Å². The first-order chi connectivity index (χ1) is 9.54. The highest BCUT2D eigenvalue weighted by Gasteiger charge is 2.31. The molecular weight excluding hydrogens is 280 g/mol. The number of aryl methyl sites for hydroxylation is 2. The van der Waals surface area contributed by atoms with Crippen LogP contribution in [-0.4, -0.2) is 52.9 Å². The van der Waals surface area contributed by atoms with Crippen LogP contribution >= 0.6 is 11.6 Å². The van der Waals surface area contributed by atoms with Gasteiger partial charge in [0.15, 0.2) is 0 Å². The van der Waals surface area contributed by atoms with E-state index in [0.717, 1.165) is 24.3 Å². The lowest BCUT2D eigenvalue weighted by Crippen LogP contribution is -2.54. The second kappa shape index (κ2) is 6.56. The Kier molecular flexibility index (Phi) is 5.01. The molecule has 2 heterocycles. The van der Waals surface area contributed by atoms with E-state index in [4.69, 9.17) is 16.3 Å². The maximum absolute atomic E-state index is 12.0. The second-order valence-electron chi connectivity index (χ2n) is 4.92. The van der Waals surface area contributed by atoms with Crippen molar-refractivity contribution in [1.82, 2.24) is 20.0 Å². The van der Waals surface area contributed by atoms with Crippen molar-refractivity contribution in [2.45, 2.75) is 26.4 Å². The lowest BCUT2D eigenvalue weighted by atomic mass is 10.1. The number of halogens is 1. The molecular formula is C13H21ClN4O2. The Morgan fingerprint density at radius 3 is 2.95 bits per heavy atom. The lowest BCUT2D eigenvalue weighted by Gasteiger charge is -2.34. The number of aromatic nitrogens is 2. The molecule has 0 saturated carbocycles. The van der Waals surface area contributed by atoms with Crippen LogP contribution in [0.15, 0.2) is 0 Å². The molecule has 0 aliphatic carbocycles. The first-order valence-electron chi connectivity index (χ1n) is 6.84. The number of esters is 1. The number of nitrogens with one attached hydrogen (secondary N) is 1. The molecule has 0 spiro atoms. The van der Waals surface area contributed by atoms with E-state index in [-0.39, 0.29) is 12.0 Å². The molecule has 0 radical (unpaired) electrons. The molecule has 2 rings (SSSR count). The van der Waals surface area contributed by atoms with Gasteiger partial charge in [-0.25, -0.2) is 0 Å². The molecule has 1 N–H and O–H groups in total. The van der Waals surface area contributed by atoms with E-state index in [9.17, 15) is 4.79 Å². The number of hydrogen-bond acceptors (Lipinski definition) is 5. The van der Waals surface area contributed by atoms with Crippen LogP contribution in [0.4, 0.5) is 0 Å². The van der Waals surface area contributed by atoms with Gasteiger partial charge in [0.2, 0.25) is 0 Å². The zero-order valence-electron chi connectivity index (χ0n) is 12.1. The van der Waals surface area contributed by atoms with Gasteiger partial charge in [-0.3, -0.25) is 14.4 Å². The minimum Gasteiger partial charge on any atom is -0.465 e. The Labute approximate surface area is 124 Å². The van der Waals surface area contributed by atoms with Gasteiger partial charge in [-0.2, -0.15) is 5.10 Å². The highest BCUT2D eigenvalue weighted by molar-refractivity contribution is 6.30. The number of rotatable bonds is 4. The van der Waals surface area contributed by atoms with Gasteiger partial charge in [0, 0.05) is 38.8 Å². The zero-order valence-corrected chi connectivity index (χ0v) is 12.9. The third kappa shape index (κ3) is 3.13. The minimum absolute atomic E-state index is 0.183. The molecule has 112 valence electrons. The first kappa shape index (κ1) is 15.3. The van der Waals surface area contributed by atoms with Crippen LogP contribution < -0.4 is 5.32 Å². The molecule has 1 aromatic rings.